The van der Waals surface area contributed by atoms with E-state index in [2.05, 4.69) is 13.2 Å². The van der Waals surface area contributed by atoms with Gasteiger partial charge in [-0.05, 0) is 0 Å². The summed E-state index contributed by atoms with van der Waals surface area (Å²) in [5.74, 6) is 0.770. The number of hydrogen-bond acceptors (Lipinski definition) is 14. The summed E-state index contributed by atoms with van der Waals surface area (Å²) in [6.45, 7) is 7.96. The fraction of sp³-hybridized carbons (Fsp3) is 0.619. The van der Waals surface area contributed by atoms with E-state index in [1.807, 2.05) is 0 Å². The van der Waals surface area contributed by atoms with E-state index in [0.29, 0.717) is 36.2 Å². The Kier molecular flexibility index (Phi) is 23.5. The normalized spacial score (nSPS) is 10.5. The van der Waals surface area contributed by atoms with Gasteiger partial charge in [-0.2, -0.15) is 0 Å². The third-order valence-corrected chi connectivity index (χ3v) is 8.31. The molecule has 0 atom stereocenters. The molecule has 35 heavy (non-hydrogen) atoms. The zero-order valence-corrected chi connectivity index (χ0v) is 22.8. The van der Waals surface area contributed by atoms with Crippen molar-refractivity contribution in [1.29, 1.82) is 0 Å². The van der Waals surface area contributed by atoms with Gasteiger partial charge in [0.1, 0.15) is 26.4 Å². The Labute approximate surface area is 222 Å². The number of carbonyl (C=O) groups excluding carboxylic acids is 4. The molecule has 1 N–H and O–H groups in total. The summed E-state index contributed by atoms with van der Waals surface area (Å²) < 4.78 is 20.0. The molecule has 0 unspecified atom stereocenters. The molecule has 0 aromatic heterocycles. The van der Waals surface area contributed by atoms with Crippen molar-refractivity contribution < 1.29 is 43.2 Å². The molecule has 0 aliphatic carbocycles. The van der Waals surface area contributed by atoms with Gasteiger partial charge in [0.25, 0.3) is 0 Å². The van der Waals surface area contributed by atoms with Crippen LogP contribution < -0.4 is 0 Å². The highest BCUT2D eigenvalue weighted by Gasteiger charge is 2.11. The third kappa shape index (κ3) is 22.9. The Balaban J connectivity index is 3.66. The number of hydrogen-bond donors (Lipinski definition) is 1. The number of carbonyl (C=O) groups is 4. The van der Waals surface area contributed by atoms with Crippen LogP contribution in [0.5, 0.6) is 0 Å². The lowest BCUT2D eigenvalue weighted by Crippen LogP contribution is -2.30. The topological polar surface area (TPSA) is 129 Å². The highest BCUT2D eigenvalue weighted by Crippen LogP contribution is 2.21. The van der Waals surface area contributed by atoms with Crippen LogP contribution in [0.4, 0.5) is 0 Å². The zero-order valence-electron chi connectivity index (χ0n) is 19.6. The molecule has 0 radical (unpaired) electrons. The lowest BCUT2D eigenvalue weighted by atomic mass is 10.3. The molecule has 0 amide bonds. The van der Waals surface area contributed by atoms with Crippen LogP contribution in [0.1, 0.15) is 12.8 Å². The average molecular weight is 572 g/mol. The Hall–Kier alpha value is -1.32. The van der Waals surface area contributed by atoms with Gasteiger partial charge in [0.2, 0.25) is 0 Å². The van der Waals surface area contributed by atoms with E-state index in [9.17, 15) is 24.3 Å². The van der Waals surface area contributed by atoms with Crippen LogP contribution in [0.2, 0.25) is 0 Å². The van der Waals surface area contributed by atoms with Crippen LogP contribution in [-0.2, 0) is 38.1 Å². The van der Waals surface area contributed by atoms with E-state index in [-0.39, 0.29) is 57.8 Å². The molecule has 0 saturated carbocycles. The summed E-state index contributed by atoms with van der Waals surface area (Å²) in [5, 5.41) is 9.42. The Morgan fingerprint density at radius 3 is 1.31 bits per heavy atom. The van der Waals surface area contributed by atoms with Gasteiger partial charge in [-0.15, -0.1) is 0 Å². The van der Waals surface area contributed by atoms with Crippen LogP contribution in [0, 0.1) is 0 Å². The third-order valence-electron chi connectivity index (χ3n) is 3.65. The molecular weight excluding hydrogens is 538 g/mol. The Bertz CT molecular complexity index is 600. The van der Waals surface area contributed by atoms with Crippen molar-refractivity contribution in [2.75, 3.05) is 69.3 Å². The molecule has 14 heteroatoms. The lowest BCUT2D eigenvalue weighted by molar-refractivity contribution is -0.144. The number of esters is 4. The molecule has 0 fully saturated rings. The van der Waals surface area contributed by atoms with Gasteiger partial charge in [-0.3, -0.25) is 14.5 Å². The van der Waals surface area contributed by atoms with Crippen molar-refractivity contribution >= 4 is 67.1 Å². The summed E-state index contributed by atoms with van der Waals surface area (Å²) in [6.07, 6.45) is 2.42. The molecule has 10 nitrogen and oxygen atoms in total. The number of aliphatic hydroxyl groups is 1. The second kappa shape index (κ2) is 24.4. The fourth-order valence-corrected chi connectivity index (χ4v) is 5.29. The molecule has 0 saturated heterocycles. The second-order valence-electron chi connectivity index (χ2n) is 6.23. The van der Waals surface area contributed by atoms with Gasteiger partial charge < -0.3 is 24.1 Å². The quantitative estimate of drug-likeness (QED) is 0.0481. The molecule has 0 aliphatic heterocycles. The van der Waals surface area contributed by atoms with Crippen molar-refractivity contribution in [2.45, 2.75) is 12.8 Å². The lowest BCUT2D eigenvalue weighted by Gasteiger charge is -2.18. The first kappa shape index (κ1) is 33.7. The number of ether oxygens (including phenoxy) is 4. The predicted octanol–water partition coefficient (Wildman–Crippen LogP) is 2.33. The van der Waals surface area contributed by atoms with Gasteiger partial charge >= 0.3 is 23.9 Å². The monoisotopic (exact) mass is 571 g/mol. The minimum Gasteiger partial charge on any atom is -0.465 e. The molecule has 0 aromatic carbocycles. The number of aliphatic hydroxyl groups excluding tert-OH is 1. The van der Waals surface area contributed by atoms with Crippen LogP contribution in [0.15, 0.2) is 25.3 Å². The van der Waals surface area contributed by atoms with Crippen LogP contribution in [0.3, 0.4) is 0 Å². The molecule has 200 valence electrons. The molecule has 0 aliphatic rings. The highest BCUT2D eigenvalue weighted by atomic mass is 33.1. The number of nitrogens with zero attached hydrogens (tertiary/aromatic N) is 1. The van der Waals surface area contributed by atoms with E-state index in [4.69, 9.17) is 18.9 Å². The molecule has 0 spiro atoms. The van der Waals surface area contributed by atoms with Gasteiger partial charge in [-0.25, -0.2) is 9.59 Å². The standard InChI is InChI=1S/C21H33NO9S4/c1-3-18(24)28-9-13-32-34-15-11-30-20(26)5-7-22(17-23)8-6-21(27)31-12-16-35-33-14-10-29-19(25)4-2/h3-4,23H,1-2,5-17H2. The van der Waals surface area contributed by atoms with E-state index >= 15 is 0 Å². The zero-order chi connectivity index (χ0) is 26.2. The van der Waals surface area contributed by atoms with E-state index < -0.39 is 11.9 Å². The highest BCUT2D eigenvalue weighted by molar-refractivity contribution is 8.77. The van der Waals surface area contributed by atoms with Gasteiger partial charge in [-0.1, -0.05) is 56.3 Å². The van der Waals surface area contributed by atoms with Crippen LogP contribution in [-0.4, -0.2) is 103 Å². The summed E-state index contributed by atoms with van der Waals surface area (Å²) >= 11 is 0. The van der Waals surface area contributed by atoms with E-state index in [1.54, 1.807) is 4.90 Å². The predicted molar refractivity (Wildman–Crippen MR) is 142 cm³/mol. The van der Waals surface area contributed by atoms with Crippen molar-refractivity contribution in [3.63, 3.8) is 0 Å². The Morgan fingerprint density at radius 1 is 0.657 bits per heavy atom. The summed E-state index contributed by atoms with van der Waals surface area (Å²) in [6, 6.07) is 0. The molecule has 0 bridgehead atoms. The van der Waals surface area contributed by atoms with Gasteiger partial charge in [0, 0.05) is 48.3 Å². The largest absolute Gasteiger partial charge is 0.465 e. The van der Waals surface area contributed by atoms with Crippen molar-refractivity contribution in [1.82, 2.24) is 4.90 Å². The smallest absolute Gasteiger partial charge is 0.330 e. The van der Waals surface area contributed by atoms with Gasteiger partial charge in [0.15, 0.2) is 0 Å². The minimum atomic E-state index is -0.453. The van der Waals surface area contributed by atoms with Crippen molar-refractivity contribution in [2.24, 2.45) is 0 Å². The molecular formula is C21H33NO9S4. The maximum Gasteiger partial charge on any atom is 0.330 e. The average Bonchev–Trinajstić information content (AvgIpc) is 2.86. The number of rotatable bonds is 23. The summed E-state index contributed by atoms with van der Waals surface area (Å²) in [5.41, 5.74) is 0. The molecule has 0 aromatic rings. The second-order valence-corrected chi connectivity index (χ2v) is 11.6. The first-order valence-corrected chi connectivity index (χ1v) is 15.6. The minimum absolute atomic E-state index is 0.0981. The van der Waals surface area contributed by atoms with Crippen molar-refractivity contribution in [3.8, 4) is 0 Å². The summed E-state index contributed by atoms with van der Waals surface area (Å²) in [7, 11) is 6.03. The van der Waals surface area contributed by atoms with Crippen LogP contribution >= 0.6 is 43.2 Å². The maximum atomic E-state index is 11.8. The molecule has 0 rings (SSSR count). The molecule has 0 heterocycles. The SMILES string of the molecule is C=CC(=O)OCCSSCCOC(=O)CCN(CO)CCC(=O)OCCSSCCOC(=O)C=C. The van der Waals surface area contributed by atoms with E-state index in [0.717, 1.165) is 12.2 Å². The maximum absolute atomic E-state index is 11.8. The summed E-state index contributed by atoms with van der Waals surface area (Å²) in [4.78, 5) is 47.0. The van der Waals surface area contributed by atoms with Gasteiger partial charge in [0.05, 0.1) is 19.6 Å². The van der Waals surface area contributed by atoms with Crippen molar-refractivity contribution in [3.05, 3.63) is 25.3 Å². The van der Waals surface area contributed by atoms with Crippen LogP contribution in [0.25, 0.3) is 0 Å². The first-order chi connectivity index (χ1) is 16.9. The fourth-order valence-electron chi connectivity index (χ4n) is 1.98. The Morgan fingerprint density at radius 2 is 1.00 bits per heavy atom. The first-order valence-electron chi connectivity index (χ1n) is 10.6. The van der Waals surface area contributed by atoms with E-state index in [1.165, 1.54) is 43.2 Å².